The van der Waals surface area contributed by atoms with Crippen LogP contribution >= 0.6 is 27.5 Å². The lowest BCUT2D eigenvalue weighted by Gasteiger charge is -2.26. The van der Waals surface area contributed by atoms with Crippen LogP contribution in [-0.4, -0.2) is 17.8 Å². The molecule has 1 heterocycles. The van der Waals surface area contributed by atoms with Crippen molar-refractivity contribution in [3.63, 3.8) is 0 Å². The summed E-state index contributed by atoms with van der Waals surface area (Å²) in [6.07, 6.45) is 1.34. The maximum absolute atomic E-state index is 13.9. The third-order valence-electron chi connectivity index (χ3n) is 5.06. The predicted molar refractivity (Wildman–Crippen MR) is 130 cm³/mol. The van der Waals surface area contributed by atoms with Gasteiger partial charge >= 0.3 is 6.03 Å². The second-order valence-corrected chi connectivity index (χ2v) is 8.75. The smallest absolute Gasteiger partial charge is 0.335 e. The molecule has 172 valence electrons. The molecule has 0 atom stereocenters. The summed E-state index contributed by atoms with van der Waals surface area (Å²) in [7, 11) is 0. The number of nitrogens with one attached hydrogen (secondary N) is 1. The van der Waals surface area contributed by atoms with Crippen molar-refractivity contribution in [2.45, 2.75) is 13.5 Å². The number of carbonyl (C=O) groups excluding carboxylic acids is 3. The number of ether oxygens (including phenoxy) is 1. The first kappa shape index (κ1) is 23.7. The number of aryl methyl sites for hydroxylation is 1. The summed E-state index contributed by atoms with van der Waals surface area (Å²) in [6.45, 7) is 1.84. The molecule has 4 amide bonds. The molecule has 0 aliphatic carbocycles. The van der Waals surface area contributed by atoms with Crippen molar-refractivity contribution in [3.05, 3.63) is 98.2 Å². The van der Waals surface area contributed by atoms with Crippen LogP contribution in [0.5, 0.6) is 5.75 Å². The molecular weight excluding hydrogens is 527 g/mol. The Labute approximate surface area is 208 Å². The Morgan fingerprint density at radius 1 is 1.09 bits per heavy atom. The number of amides is 4. The van der Waals surface area contributed by atoms with Gasteiger partial charge in [-0.2, -0.15) is 0 Å². The van der Waals surface area contributed by atoms with Crippen molar-refractivity contribution in [2.24, 2.45) is 0 Å². The van der Waals surface area contributed by atoms with E-state index in [1.54, 1.807) is 48.5 Å². The number of carbonyl (C=O) groups is 3. The van der Waals surface area contributed by atoms with Crippen LogP contribution in [-0.2, 0) is 16.2 Å². The topological polar surface area (TPSA) is 75.7 Å². The van der Waals surface area contributed by atoms with E-state index in [1.165, 1.54) is 18.2 Å². The van der Waals surface area contributed by atoms with Gasteiger partial charge in [-0.25, -0.2) is 14.1 Å². The van der Waals surface area contributed by atoms with Gasteiger partial charge in [0, 0.05) is 5.56 Å². The van der Waals surface area contributed by atoms with Crippen molar-refractivity contribution >= 4 is 57.1 Å². The Kier molecular flexibility index (Phi) is 6.81. The molecule has 9 heteroatoms. The molecule has 3 aromatic carbocycles. The number of halogens is 3. The van der Waals surface area contributed by atoms with E-state index in [-0.39, 0.29) is 23.0 Å². The third kappa shape index (κ3) is 4.88. The zero-order chi connectivity index (χ0) is 24.4. The number of urea groups is 1. The summed E-state index contributed by atoms with van der Waals surface area (Å²) >= 11 is 9.73. The van der Waals surface area contributed by atoms with Crippen LogP contribution in [0.4, 0.5) is 14.9 Å². The first-order chi connectivity index (χ1) is 16.2. The molecule has 0 aromatic heterocycles. The van der Waals surface area contributed by atoms with E-state index in [2.05, 4.69) is 21.2 Å². The zero-order valence-corrected chi connectivity index (χ0v) is 20.1. The molecule has 0 saturated carbocycles. The lowest BCUT2D eigenvalue weighted by atomic mass is 10.1. The molecule has 1 saturated heterocycles. The van der Waals surface area contributed by atoms with Crippen LogP contribution in [0.3, 0.4) is 0 Å². The highest BCUT2D eigenvalue weighted by molar-refractivity contribution is 9.10. The number of anilines is 1. The minimum atomic E-state index is -0.827. The molecule has 34 heavy (non-hydrogen) atoms. The van der Waals surface area contributed by atoms with Crippen molar-refractivity contribution < 1.29 is 23.5 Å². The minimum Gasteiger partial charge on any atom is -0.486 e. The Bertz CT molecular complexity index is 1320. The number of barbiturate groups is 1. The molecule has 3 aromatic rings. The molecule has 4 rings (SSSR count). The highest BCUT2D eigenvalue weighted by atomic mass is 79.9. The molecular formula is C25H17BrClFN2O4. The maximum atomic E-state index is 13.9. The molecule has 1 aliphatic rings. The molecule has 0 radical (unpaired) electrons. The Morgan fingerprint density at radius 3 is 2.47 bits per heavy atom. The van der Waals surface area contributed by atoms with Crippen LogP contribution in [0.25, 0.3) is 6.08 Å². The Morgan fingerprint density at radius 2 is 1.79 bits per heavy atom. The van der Waals surface area contributed by atoms with E-state index in [0.29, 0.717) is 21.3 Å². The van der Waals surface area contributed by atoms with Crippen molar-refractivity contribution in [1.29, 1.82) is 0 Å². The number of hydrogen-bond acceptors (Lipinski definition) is 4. The molecule has 1 N–H and O–H groups in total. The average Bonchev–Trinajstić information content (AvgIpc) is 2.78. The predicted octanol–water partition coefficient (Wildman–Crippen LogP) is 5.80. The first-order valence-corrected chi connectivity index (χ1v) is 11.2. The van der Waals surface area contributed by atoms with Gasteiger partial charge in [-0.3, -0.25) is 14.9 Å². The van der Waals surface area contributed by atoms with Crippen LogP contribution in [0, 0.1) is 12.7 Å². The molecule has 6 nitrogen and oxygen atoms in total. The third-order valence-corrected chi connectivity index (χ3v) is 5.93. The van der Waals surface area contributed by atoms with Gasteiger partial charge in [0.1, 0.15) is 18.0 Å². The van der Waals surface area contributed by atoms with Crippen LogP contribution in [0.1, 0.15) is 16.7 Å². The second kappa shape index (κ2) is 9.79. The first-order valence-electron chi connectivity index (χ1n) is 10.1. The van der Waals surface area contributed by atoms with E-state index in [9.17, 15) is 18.8 Å². The largest absolute Gasteiger partial charge is 0.486 e. The Balaban J connectivity index is 1.61. The van der Waals surface area contributed by atoms with Gasteiger partial charge in [0.05, 0.1) is 15.2 Å². The SMILES string of the molecule is Cc1ccc(N2C(=O)NC(=O)/C(=C\c3cc(Cl)c(OCc4ccccc4F)c(Br)c3)C2=O)cc1. The number of hydrogen-bond donors (Lipinski definition) is 1. The molecule has 0 unspecified atom stereocenters. The summed E-state index contributed by atoms with van der Waals surface area (Å²) in [4.78, 5) is 38.7. The van der Waals surface area contributed by atoms with E-state index in [0.717, 1.165) is 10.5 Å². The highest BCUT2D eigenvalue weighted by Gasteiger charge is 2.36. The minimum absolute atomic E-state index is 0.0417. The fraction of sp³-hybridized carbons (Fsp3) is 0.0800. The number of rotatable bonds is 5. The monoisotopic (exact) mass is 542 g/mol. The summed E-state index contributed by atoms with van der Waals surface area (Å²) in [5, 5.41) is 2.37. The lowest BCUT2D eigenvalue weighted by Crippen LogP contribution is -2.54. The summed E-state index contributed by atoms with van der Waals surface area (Å²) in [6, 6.07) is 15.2. The standard InChI is InChI=1S/C25H17BrClFN2O4/c1-14-6-8-17(9-7-14)30-24(32)18(23(31)29-25(30)33)10-15-11-19(26)22(20(27)12-15)34-13-16-4-2-3-5-21(16)28/h2-12H,13H2,1H3,(H,29,31,33)/b18-10+. The van der Waals surface area contributed by atoms with Crippen molar-refractivity contribution in [1.82, 2.24) is 5.32 Å². The normalized spacial score (nSPS) is 15.0. The van der Waals surface area contributed by atoms with Crippen LogP contribution in [0.2, 0.25) is 5.02 Å². The summed E-state index contributed by atoms with van der Waals surface area (Å²) in [5.74, 6) is -1.69. The van der Waals surface area contributed by atoms with E-state index in [4.69, 9.17) is 16.3 Å². The second-order valence-electron chi connectivity index (χ2n) is 7.49. The molecule has 0 spiro atoms. The number of nitrogens with zero attached hydrogens (tertiary/aromatic N) is 1. The summed E-state index contributed by atoms with van der Waals surface area (Å²) < 4.78 is 20.0. The number of benzene rings is 3. The van der Waals surface area contributed by atoms with Gasteiger partial charge < -0.3 is 4.74 Å². The fourth-order valence-electron chi connectivity index (χ4n) is 3.32. The van der Waals surface area contributed by atoms with Gasteiger partial charge in [-0.15, -0.1) is 0 Å². The summed E-state index contributed by atoms with van der Waals surface area (Å²) in [5.41, 5.74) is 1.84. The van der Waals surface area contributed by atoms with Crippen molar-refractivity contribution in [3.8, 4) is 5.75 Å². The van der Waals surface area contributed by atoms with Gasteiger partial charge in [-0.05, 0) is 64.8 Å². The lowest BCUT2D eigenvalue weighted by molar-refractivity contribution is -0.122. The molecule has 1 aliphatic heterocycles. The average molecular weight is 544 g/mol. The molecule has 1 fully saturated rings. The van der Waals surface area contributed by atoms with E-state index < -0.39 is 23.7 Å². The van der Waals surface area contributed by atoms with E-state index >= 15 is 0 Å². The van der Waals surface area contributed by atoms with Gasteiger partial charge in [0.25, 0.3) is 11.8 Å². The van der Waals surface area contributed by atoms with Crippen LogP contribution in [0.15, 0.2) is 70.7 Å². The van der Waals surface area contributed by atoms with Crippen molar-refractivity contribution in [2.75, 3.05) is 4.90 Å². The quantitative estimate of drug-likeness (QED) is 0.326. The fourth-order valence-corrected chi connectivity index (χ4v) is 4.31. The van der Waals surface area contributed by atoms with Crippen LogP contribution < -0.4 is 15.0 Å². The zero-order valence-electron chi connectivity index (χ0n) is 17.8. The highest BCUT2D eigenvalue weighted by Crippen LogP contribution is 2.36. The Hall–Kier alpha value is -3.49. The van der Waals surface area contributed by atoms with E-state index in [1.807, 2.05) is 6.92 Å². The van der Waals surface area contributed by atoms with Gasteiger partial charge in [0.15, 0.2) is 5.75 Å². The van der Waals surface area contributed by atoms with Gasteiger partial charge in [0.2, 0.25) is 0 Å². The molecule has 0 bridgehead atoms. The van der Waals surface area contributed by atoms with Gasteiger partial charge in [-0.1, -0.05) is 47.5 Å². The maximum Gasteiger partial charge on any atom is 0.335 e. The number of imide groups is 2.